The van der Waals surface area contributed by atoms with Crippen LogP contribution >= 0.6 is 0 Å². The zero-order valence-electron chi connectivity index (χ0n) is 15.3. The minimum absolute atomic E-state index is 0.0729. The maximum Gasteiger partial charge on any atom is 0.317 e. The molecule has 0 aliphatic heterocycles. The number of carboxylic acids is 1. The van der Waals surface area contributed by atoms with E-state index in [9.17, 15) is 9.59 Å². The largest absolute Gasteiger partial charge is 0.480 e. The van der Waals surface area contributed by atoms with Gasteiger partial charge in [0.05, 0.1) is 12.6 Å². The molecule has 3 rings (SSSR count). The fourth-order valence-electron chi connectivity index (χ4n) is 4.70. The number of ether oxygens (including phenoxy) is 1. The van der Waals surface area contributed by atoms with E-state index in [-0.39, 0.29) is 36.1 Å². The number of carbonyl (C=O) groups is 2. The van der Waals surface area contributed by atoms with Crippen LogP contribution < -0.4 is 10.6 Å². The molecule has 3 saturated carbocycles. The number of urea groups is 1. The zero-order chi connectivity index (χ0) is 18.0. The van der Waals surface area contributed by atoms with E-state index in [0.29, 0.717) is 6.10 Å². The summed E-state index contributed by atoms with van der Waals surface area (Å²) in [6, 6.07) is 0.548. The lowest BCUT2D eigenvalue weighted by Gasteiger charge is -2.61. The van der Waals surface area contributed by atoms with E-state index in [4.69, 9.17) is 9.84 Å². The predicted octanol–water partition coefficient (Wildman–Crippen LogP) is 1.57. The second-order valence-corrected chi connectivity index (χ2v) is 7.72. The van der Waals surface area contributed by atoms with Gasteiger partial charge in [0.2, 0.25) is 0 Å². The van der Waals surface area contributed by atoms with Crippen molar-refractivity contribution in [2.75, 3.05) is 19.7 Å². The number of nitrogens with zero attached hydrogens (tertiary/aromatic N) is 1. The Hall–Kier alpha value is -1.34. The molecule has 3 N–H and O–H groups in total. The van der Waals surface area contributed by atoms with Crippen LogP contribution in [0.15, 0.2) is 0 Å². The van der Waals surface area contributed by atoms with E-state index in [1.807, 2.05) is 18.7 Å². The second-order valence-electron chi connectivity index (χ2n) is 7.72. The molecule has 3 aliphatic carbocycles. The quantitative estimate of drug-likeness (QED) is 0.616. The molecule has 2 amide bonds. The Morgan fingerprint density at radius 3 is 2.44 bits per heavy atom. The van der Waals surface area contributed by atoms with Crippen molar-refractivity contribution in [3.8, 4) is 0 Å². The Bertz CT molecular complexity index is 503. The van der Waals surface area contributed by atoms with E-state index in [2.05, 4.69) is 10.6 Å². The molecule has 0 aromatic carbocycles. The van der Waals surface area contributed by atoms with Gasteiger partial charge in [-0.2, -0.15) is 0 Å². The summed E-state index contributed by atoms with van der Waals surface area (Å²) in [5, 5.41) is 15.1. The van der Waals surface area contributed by atoms with Crippen LogP contribution in [0.2, 0.25) is 0 Å². The van der Waals surface area contributed by atoms with Crippen molar-refractivity contribution in [3.63, 3.8) is 0 Å². The highest BCUT2D eigenvalue weighted by molar-refractivity contribution is 5.75. The molecule has 2 atom stereocenters. The standard InChI is InChI=1S/C18H31N3O4/c1-3-21(11-16(22)23)13-8-12(9-13)19-17(24)20-14-10-15(25-4-2)18(14)6-5-7-18/h12-15H,3-11H2,1-2H3,(H,22,23)(H2,19,20,24). The summed E-state index contributed by atoms with van der Waals surface area (Å²) in [5.74, 6) is -0.796. The van der Waals surface area contributed by atoms with Crippen LogP contribution in [-0.2, 0) is 9.53 Å². The highest BCUT2D eigenvalue weighted by Crippen LogP contribution is 2.57. The van der Waals surface area contributed by atoms with E-state index >= 15 is 0 Å². The third-order valence-electron chi connectivity index (χ3n) is 6.45. The fourth-order valence-corrected chi connectivity index (χ4v) is 4.70. The van der Waals surface area contributed by atoms with Crippen LogP contribution in [0.3, 0.4) is 0 Å². The molecule has 1 spiro atoms. The average molecular weight is 353 g/mol. The fraction of sp³-hybridized carbons (Fsp3) is 0.889. The number of carbonyl (C=O) groups excluding carboxylic acids is 1. The normalized spacial score (nSPS) is 32.4. The molecule has 0 heterocycles. The summed E-state index contributed by atoms with van der Waals surface area (Å²) >= 11 is 0. The van der Waals surface area contributed by atoms with Gasteiger partial charge in [0.25, 0.3) is 0 Å². The first kappa shape index (κ1) is 18.5. The van der Waals surface area contributed by atoms with Crippen LogP contribution in [0, 0.1) is 5.41 Å². The molecular weight excluding hydrogens is 322 g/mol. The molecule has 3 fully saturated rings. The van der Waals surface area contributed by atoms with Gasteiger partial charge in [-0.1, -0.05) is 13.3 Å². The molecule has 7 heteroatoms. The Morgan fingerprint density at radius 2 is 1.92 bits per heavy atom. The smallest absolute Gasteiger partial charge is 0.317 e. The van der Waals surface area contributed by atoms with Gasteiger partial charge in [0.15, 0.2) is 0 Å². The first-order valence-corrected chi connectivity index (χ1v) is 9.63. The number of carboxylic acid groups (broad SMARTS) is 1. The second kappa shape index (κ2) is 7.50. The maximum absolute atomic E-state index is 12.3. The van der Waals surface area contributed by atoms with Crippen LogP contribution in [0.1, 0.15) is 52.4 Å². The minimum Gasteiger partial charge on any atom is -0.480 e. The molecular formula is C18H31N3O4. The van der Waals surface area contributed by atoms with Crippen molar-refractivity contribution in [1.29, 1.82) is 0 Å². The number of aliphatic carboxylic acids is 1. The summed E-state index contributed by atoms with van der Waals surface area (Å²) in [7, 11) is 0. The van der Waals surface area contributed by atoms with Crippen molar-refractivity contribution in [1.82, 2.24) is 15.5 Å². The van der Waals surface area contributed by atoms with Crippen LogP contribution in [0.25, 0.3) is 0 Å². The molecule has 3 aliphatic rings. The minimum atomic E-state index is -0.796. The molecule has 7 nitrogen and oxygen atoms in total. The molecule has 25 heavy (non-hydrogen) atoms. The molecule has 0 radical (unpaired) electrons. The highest BCUT2D eigenvalue weighted by Gasteiger charge is 2.59. The Morgan fingerprint density at radius 1 is 1.20 bits per heavy atom. The molecule has 2 unspecified atom stereocenters. The van der Waals surface area contributed by atoms with Gasteiger partial charge in [-0.25, -0.2) is 4.79 Å². The maximum atomic E-state index is 12.3. The van der Waals surface area contributed by atoms with Crippen molar-refractivity contribution < 1.29 is 19.4 Å². The van der Waals surface area contributed by atoms with Crippen molar-refractivity contribution in [2.24, 2.45) is 5.41 Å². The number of rotatable bonds is 8. The molecule has 0 saturated heterocycles. The number of amides is 2. The number of nitrogens with one attached hydrogen (secondary N) is 2. The van der Waals surface area contributed by atoms with Crippen LogP contribution in [0.4, 0.5) is 4.79 Å². The van der Waals surface area contributed by atoms with Gasteiger partial charge in [-0.05, 0) is 45.6 Å². The monoisotopic (exact) mass is 353 g/mol. The number of hydrogen-bond donors (Lipinski definition) is 3. The van der Waals surface area contributed by atoms with Crippen molar-refractivity contribution in [3.05, 3.63) is 0 Å². The average Bonchev–Trinajstić information content (AvgIpc) is 2.45. The lowest BCUT2D eigenvalue weighted by atomic mass is 9.51. The molecule has 0 bridgehead atoms. The van der Waals surface area contributed by atoms with Crippen LogP contribution in [0.5, 0.6) is 0 Å². The van der Waals surface area contributed by atoms with Crippen molar-refractivity contribution in [2.45, 2.75) is 76.6 Å². The topological polar surface area (TPSA) is 90.9 Å². The Balaban J connectivity index is 1.39. The summed E-state index contributed by atoms with van der Waals surface area (Å²) < 4.78 is 5.82. The SMILES string of the molecule is CCOC1CC(NC(=O)NC2CC(N(CC)CC(=O)O)C2)C12CCC2. The zero-order valence-corrected chi connectivity index (χ0v) is 15.3. The van der Waals surface area contributed by atoms with Gasteiger partial charge in [-0.3, -0.25) is 9.69 Å². The molecule has 142 valence electrons. The Kier molecular flexibility index (Phi) is 5.53. The lowest BCUT2D eigenvalue weighted by molar-refractivity contribution is -0.169. The van der Waals surface area contributed by atoms with E-state index in [0.717, 1.165) is 45.3 Å². The highest BCUT2D eigenvalue weighted by atomic mass is 16.5. The molecule has 0 aromatic heterocycles. The summed E-state index contributed by atoms with van der Waals surface area (Å²) in [5.41, 5.74) is 0.177. The van der Waals surface area contributed by atoms with E-state index in [1.54, 1.807) is 0 Å². The third-order valence-corrected chi connectivity index (χ3v) is 6.45. The summed E-state index contributed by atoms with van der Waals surface area (Å²) in [6.45, 7) is 5.53. The van der Waals surface area contributed by atoms with Crippen LogP contribution in [-0.4, -0.2) is 65.9 Å². The molecule has 0 aromatic rings. The van der Waals surface area contributed by atoms with Crippen molar-refractivity contribution >= 4 is 12.0 Å². The van der Waals surface area contributed by atoms with Gasteiger partial charge >= 0.3 is 12.0 Å². The lowest BCUT2D eigenvalue weighted by Crippen LogP contribution is -2.69. The van der Waals surface area contributed by atoms with Gasteiger partial charge in [0, 0.05) is 30.1 Å². The van der Waals surface area contributed by atoms with Gasteiger partial charge < -0.3 is 20.5 Å². The number of hydrogen-bond acceptors (Lipinski definition) is 4. The first-order valence-electron chi connectivity index (χ1n) is 9.63. The predicted molar refractivity (Wildman–Crippen MR) is 93.5 cm³/mol. The number of likely N-dealkylation sites (N-methyl/N-ethyl adjacent to an activating group) is 1. The van der Waals surface area contributed by atoms with E-state index < -0.39 is 5.97 Å². The van der Waals surface area contributed by atoms with E-state index in [1.165, 1.54) is 6.42 Å². The summed E-state index contributed by atoms with van der Waals surface area (Å²) in [4.78, 5) is 25.1. The Labute approximate surface area is 149 Å². The first-order chi connectivity index (χ1) is 12.0. The van der Waals surface area contributed by atoms with Gasteiger partial charge in [-0.15, -0.1) is 0 Å². The summed E-state index contributed by atoms with van der Waals surface area (Å²) in [6.07, 6.45) is 6.39. The third kappa shape index (κ3) is 3.62. The van der Waals surface area contributed by atoms with Gasteiger partial charge in [0.1, 0.15) is 0 Å².